The Labute approximate surface area is 105 Å². The summed E-state index contributed by atoms with van der Waals surface area (Å²) in [6, 6.07) is 2.00. The van der Waals surface area contributed by atoms with Crippen LogP contribution >= 0.6 is 0 Å². The molecule has 1 aromatic rings. The summed E-state index contributed by atoms with van der Waals surface area (Å²) in [5.41, 5.74) is 0. The molecule has 4 heterocycles. The quantitative estimate of drug-likeness (QED) is 0.736. The van der Waals surface area contributed by atoms with Crippen LogP contribution in [0.15, 0.2) is 18.5 Å². The highest BCUT2D eigenvalue weighted by Crippen LogP contribution is 2.44. The molecule has 0 N–H and O–H groups in total. The molecule has 0 unspecified atom stereocenters. The molecule has 0 radical (unpaired) electrons. The lowest BCUT2D eigenvalue weighted by Gasteiger charge is -2.22. The van der Waals surface area contributed by atoms with E-state index in [0.29, 0.717) is 6.61 Å². The van der Waals surface area contributed by atoms with Gasteiger partial charge in [0.15, 0.2) is 12.1 Å². The largest absolute Gasteiger partial charge is 0.370 e. The Morgan fingerprint density at radius 2 is 2.11 bits per heavy atom. The highest BCUT2D eigenvalue weighted by atomic mass is 16.8. The van der Waals surface area contributed by atoms with E-state index in [-0.39, 0.29) is 30.6 Å². The van der Waals surface area contributed by atoms with Crippen molar-refractivity contribution in [3.8, 4) is 0 Å². The fourth-order valence-corrected chi connectivity index (χ4v) is 3.01. The van der Waals surface area contributed by atoms with E-state index >= 15 is 0 Å². The van der Waals surface area contributed by atoms with Crippen LogP contribution in [0, 0.1) is 0 Å². The normalized spacial score (nSPS) is 45.1. The molecule has 3 fully saturated rings. The average molecular weight is 252 g/mol. The Morgan fingerprint density at radius 1 is 1.22 bits per heavy atom. The zero-order valence-electron chi connectivity index (χ0n) is 10.4. The summed E-state index contributed by atoms with van der Waals surface area (Å²) in [6.07, 6.45) is 3.12. The van der Waals surface area contributed by atoms with Crippen molar-refractivity contribution >= 4 is 0 Å². The maximum atomic E-state index is 5.95. The number of nitrogens with zero attached hydrogens (tertiary/aromatic N) is 2. The standard InChI is InChI=1S/C12H16N2O4/c1-12(2)17-10-9-8(16-11(10)18-12)7(6-15-9)14-5-3-4-13-14/h3-5,7-11H,6H2,1-2H3/t7-,8-,9-,10+,11-/m0/s1. The molecule has 98 valence electrons. The molecule has 4 rings (SSSR count). The molecular formula is C12H16N2O4. The second kappa shape index (κ2) is 3.54. The maximum Gasteiger partial charge on any atom is 0.190 e. The third-order valence-corrected chi connectivity index (χ3v) is 3.73. The lowest BCUT2D eigenvalue weighted by molar-refractivity contribution is -0.211. The van der Waals surface area contributed by atoms with Crippen LogP contribution < -0.4 is 0 Å². The van der Waals surface area contributed by atoms with Gasteiger partial charge < -0.3 is 18.9 Å². The Morgan fingerprint density at radius 3 is 2.89 bits per heavy atom. The third kappa shape index (κ3) is 1.46. The van der Waals surface area contributed by atoms with Gasteiger partial charge in [-0.2, -0.15) is 5.10 Å². The fraction of sp³-hybridized carbons (Fsp3) is 0.750. The average Bonchev–Trinajstić information content (AvgIpc) is 2.97. The number of ether oxygens (including phenoxy) is 4. The van der Waals surface area contributed by atoms with Gasteiger partial charge in [0.1, 0.15) is 24.4 Å². The van der Waals surface area contributed by atoms with Gasteiger partial charge in [-0.15, -0.1) is 0 Å². The summed E-state index contributed by atoms with van der Waals surface area (Å²) < 4.78 is 25.2. The molecule has 0 aromatic carbocycles. The predicted octanol–water partition coefficient (Wildman–Crippen LogP) is 0.699. The fourth-order valence-electron chi connectivity index (χ4n) is 3.01. The first kappa shape index (κ1) is 10.9. The van der Waals surface area contributed by atoms with E-state index < -0.39 is 5.79 Å². The minimum atomic E-state index is -0.590. The van der Waals surface area contributed by atoms with Gasteiger partial charge in [0.2, 0.25) is 0 Å². The highest BCUT2D eigenvalue weighted by Gasteiger charge is 2.60. The summed E-state index contributed by atoms with van der Waals surface area (Å²) in [5, 5.41) is 4.26. The van der Waals surface area contributed by atoms with Crippen LogP contribution in [0.3, 0.4) is 0 Å². The van der Waals surface area contributed by atoms with E-state index in [4.69, 9.17) is 18.9 Å². The number of fused-ring (bicyclic) bond motifs is 3. The number of hydrogen-bond donors (Lipinski definition) is 0. The van der Waals surface area contributed by atoms with Crippen LogP contribution in [-0.4, -0.2) is 46.8 Å². The van der Waals surface area contributed by atoms with E-state index in [9.17, 15) is 0 Å². The molecule has 0 aliphatic carbocycles. The lowest BCUT2D eigenvalue weighted by Crippen LogP contribution is -2.34. The van der Waals surface area contributed by atoms with Gasteiger partial charge in [0.05, 0.1) is 6.61 Å². The van der Waals surface area contributed by atoms with Crippen LogP contribution in [0.5, 0.6) is 0 Å². The number of hydrogen-bond acceptors (Lipinski definition) is 5. The molecule has 3 saturated heterocycles. The first-order valence-electron chi connectivity index (χ1n) is 6.26. The number of aromatic nitrogens is 2. The van der Waals surface area contributed by atoms with Crippen LogP contribution in [-0.2, 0) is 18.9 Å². The summed E-state index contributed by atoms with van der Waals surface area (Å²) >= 11 is 0. The van der Waals surface area contributed by atoms with E-state index in [1.54, 1.807) is 6.20 Å². The smallest absolute Gasteiger partial charge is 0.190 e. The zero-order valence-corrected chi connectivity index (χ0v) is 10.4. The summed E-state index contributed by atoms with van der Waals surface area (Å²) in [5.74, 6) is -0.590. The highest BCUT2D eigenvalue weighted by molar-refractivity contribution is 5.02. The molecule has 0 amide bonds. The van der Waals surface area contributed by atoms with Crippen LogP contribution in [0.2, 0.25) is 0 Å². The Kier molecular flexibility index (Phi) is 2.15. The van der Waals surface area contributed by atoms with Crippen molar-refractivity contribution in [2.75, 3.05) is 6.61 Å². The molecule has 0 spiro atoms. The van der Waals surface area contributed by atoms with E-state index in [1.165, 1.54) is 0 Å². The second-order valence-corrected chi connectivity index (χ2v) is 5.42. The van der Waals surface area contributed by atoms with Crippen molar-refractivity contribution in [2.24, 2.45) is 0 Å². The predicted molar refractivity (Wildman–Crippen MR) is 59.7 cm³/mol. The van der Waals surface area contributed by atoms with Crippen molar-refractivity contribution in [3.63, 3.8) is 0 Å². The molecule has 0 bridgehead atoms. The van der Waals surface area contributed by atoms with E-state index in [1.807, 2.05) is 30.8 Å². The minimum absolute atomic E-state index is 0.0454. The number of rotatable bonds is 1. The van der Waals surface area contributed by atoms with Crippen LogP contribution in [0.4, 0.5) is 0 Å². The lowest BCUT2D eigenvalue weighted by atomic mass is 10.1. The van der Waals surface area contributed by atoms with Crippen LogP contribution in [0.25, 0.3) is 0 Å². The van der Waals surface area contributed by atoms with Crippen molar-refractivity contribution in [3.05, 3.63) is 18.5 Å². The molecule has 1 aromatic heterocycles. The van der Waals surface area contributed by atoms with E-state index in [2.05, 4.69) is 5.10 Å². The first-order valence-corrected chi connectivity index (χ1v) is 6.26. The molecule has 3 aliphatic heterocycles. The Bertz CT molecular complexity index is 447. The molecule has 6 nitrogen and oxygen atoms in total. The molecular weight excluding hydrogens is 236 g/mol. The summed E-state index contributed by atoms with van der Waals surface area (Å²) in [4.78, 5) is 0. The van der Waals surface area contributed by atoms with Crippen molar-refractivity contribution in [2.45, 2.75) is 50.3 Å². The van der Waals surface area contributed by atoms with E-state index in [0.717, 1.165) is 0 Å². The molecule has 6 heteroatoms. The SMILES string of the molecule is CC1(C)O[C@@H]2O[C@@H]3[C@H](OC[C@@H]3n3cccn3)[C@H]2O1. The first-order chi connectivity index (χ1) is 8.64. The topological polar surface area (TPSA) is 54.7 Å². The van der Waals surface area contributed by atoms with Gasteiger partial charge >= 0.3 is 0 Å². The molecule has 18 heavy (non-hydrogen) atoms. The molecule has 0 saturated carbocycles. The van der Waals surface area contributed by atoms with Gasteiger partial charge in [-0.25, -0.2) is 0 Å². The van der Waals surface area contributed by atoms with Crippen molar-refractivity contribution in [1.29, 1.82) is 0 Å². The minimum Gasteiger partial charge on any atom is -0.370 e. The van der Waals surface area contributed by atoms with Crippen molar-refractivity contribution in [1.82, 2.24) is 9.78 Å². The summed E-state index contributed by atoms with van der Waals surface area (Å²) in [7, 11) is 0. The second-order valence-electron chi connectivity index (χ2n) is 5.42. The van der Waals surface area contributed by atoms with Gasteiger partial charge in [-0.1, -0.05) is 0 Å². The van der Waals surface area contributed by atoms with Crippen molar-refractivity contribution < 1.29 is 18.9 Å². The zero-order chi connectivity index (χ0) is 12.3. The maximum absolute atomic E-state index is 5.95. The monoisotopic (exact) mass is 252 g/mol. The Balaban J connectivity index is 1.57. The van der Waals surface area contributed by atoms with Gasteiger partial charge in [0.25, 0.3) is 0 Å². The molecule has 3 aliphatic rings. The van der Waals surface area contributed by atoms with Gasteiger partial charge in [-0.05, 0) is 19.9 Å². The van der Waals surface area contributed by atoms with Gasteiger partial charge in [0, 0.05) is 12.4 Å². The third-order valence-electron chi connectivity index (χ3n) is 3.73. The van der Waals surface area contributed by atoms with Gasteiger partial charge in [-0.3, -0.25) is 4.68 Å². The summed E-state index contributed by atoms with van der Waals surface area (Å²) in [6.45, 7) is 4.39. The van der Waals surface area contributed by atoms with Crippen LogP contribution in [0.1, 0.15) is 19.9 Å². The Hall–Kier alpha value is -0.950. The molecule has 5 atom stereocenters.